The van der Waals surface area contributed by atoms with Crippen LogP contribution in [0.5, 0.6) is 0 Å². The first-order chi connectivity index (χ1) is 5.10. The summed E-state index contributed by atoms with van der Waals surface area (Å²) in [5.74, 6) is -2.68. The van der Waals surface area contributed by atoms with Gasteiger partial charge >= 0.3 is 0 Å². The Kier molecular flexibility index (Phi) is 3.57. The summed E-state index contributed by atoms with van der Waals surface area (Å²) < 4.78 is 68.3. The van der Waals surface area contributed by atoms with E-state index in [4.69, 9.17) is 9.11 Å². The Morgan fingerprint density at radius 1 is 1.00 bits per heavy atom. The molecule has 9 heteroatoms. The average molecular weight is 222 g/mol. The lowest BCUT2D eigenvalue weighted by Gasteiger charge is -2.02. The van der Waals surface area contributed by atoms with E-state index in [9.17, 15) is 21.2 Å². The third kappa shape index (κ3) is 7.85. The normalized spacial score (nSPS) is 13.7. The standard InChI is InChI=1S/C3H7FO6S2/c4-3(1-11(5,6)7)2-12(8,9)10/h3H,1-2H2,(H,5,6,7)(H,8,9,10). The van der Waals surface area contributed by atoms with Crippen molar-refractivity contribution in [2.75, 3.05) is 11.5 Å². The fraction of sp³-hybridized carbons (Fsp3) is 1.00. The summed E-state index contributed by atoms with van der Waals surface area (Å²) in [7, 11) is -9.09. The van der Waals surface area contributed by atoms with Crippen molar-refractivity contribution >= 4 is 20.2 Å². The molecule has 0 bridgehead atoms. The highest BCUT2D eigenvalue weighted by molar-refractivity contribution is 7.86. The SMILES string of the molecule is O=S(=O)(O)CC(F)CS(=O)(=O)O. The molecule has 6 nitrogen and oxygen atoms in total. The number of hydrogen-bond donors (Lipinski definition) is 2. The topological polar surface area (TPSA) is 109 Å². The van der Waals surface area contributed by atoms with Gasteiger partial charge in [0.25, 0.3) is 20.2 Å². The first kappa shape index (κ1) is 11.8. The van der Waals surface area contributed by atoms with Gasteiger partial charge in [0.15, 0.2) is 0 Å². The number of halogens is 1. The first-order valence-corrected chi connectivity index (χ1v) is 5.86. The maximum atomic E-state index is 12.3. The molecule has 0 fully saturated rings. The Morgan fingerprint density at radius 2 is 1.25 bits per heavy atom. The van der Waals surface area contributed by atoms with Crippen molar-refractivity contribution in [2.45, 2.75) is 6.17 Å². The highest BCUT2D eigenvalue weighted by atomic mass is 32.2. The van der Waals surface area contributed by atoms with E-state index in [1.54, 1.807) is 0 Å². The van der Waals surface area contributed by atoms with Gasteiger partial charge in [0.05, 0.1) is 0 Å². The fourth-order valence-corrected chi connectivity index (χ4v) is 1.80. The first-order valence-electron chi connectivity index (χ1n) is 2.64. The Balaban J connectivity index is 4.19. The molecule has 0 aromatic rings. The van der Waals surface area contributed by atoms with E-state index in [-0.39, 0.29) is 0 Å². The second-order valence-electron chi connectivity index (χ2n) is 2.09. The van der Waals surface area contributed by atoms with Crippen molar-refractivity contribution in [1.82, 2.24) is 0 Å². The second kappa shape index (κ2) is 3.64. The van der Waals surface area contributed by atoms with E-state index in [1.807, 2.05) is 0 Å². The highest BCUT2D eigenvalue weighted by Crippen LogP contribution is 1.99. The quantitative estimate of drug-likeness (QED) is 0.596. The van der Waals surface area contributed by atoms with Crippen LogP contribution in [0.15, 0.2) is 0 Å². The molecule has 0 atom stereocenters. The van der Waals surface area contributed by atoms with Crippen molar-refractivity contribution in [3.05, 3.63) is 0 Å². The molecule has 0 unspecified atom stereocenters. The maximum Gasteiger partial charge on any atom is 0.267 e. The Labute approximate surface area is 68.9 Å². The van der Waals surface area contributed by atoms with Gasteiger partial charge in [0.2, 0.25) is 0 Å². The second-order valence-corrected chi connectivity index (χ2v) is 5.09. The molecule has 0 saturated heterocycles. The summed E-state index contributed by atoms with van der Waals surface area (Å²) in [4.78, 5) is 0. The monoisotopic (exact) mass is 222 g/mol. The van der Waals surface area contributed by atoms with Gasteiger partial charge in [-0.15, -0.1) is 0 Å². The predicted molar refractivity (Wildman–Crippen MR) is 37.7 cm³/mol. The molecule has 0 spiro atoms. The molecule has 0 aromatic heterocycles. The minimum absolute atomic E-state index is 1.34. The lowest BCUT2D eigenvalue weighted by Crippen LogP contribution is -2.24. The molecule has 12 heavy (non-hydrogen) atoms. The van der Waals surface area contributed by atoms with Crippen LogP contribution in [-0.4, -0.2) is 43.6 Å². The summed E-state index contributed by atoms with van der Waals surface area (Å²) >= 11 is 0. The van der Waals surface area contributed by atoms with Gasteiger partial charge < -0.3 is 0 Å². The van der Waals surface area contributed by atoms with Crippen LogP contribution in [0.3, 0.4) is 0 Å². The summed E-state index contributed by atoms with van der Waals surface area (Å²) in [6, 6.07) is 0. The molecular weight excluding hydrogens is 215 g/mol. The summed E-state index contributed by atoms with van der Waals surface area (Å²) in [6.45, 7) is 0. The van der Waals surface area contributed by atoms with Gasteiger partial charge in [-0.3, -0.25) is 9.11 Å². The predicted octanol–water partition coefficient (Wildman–Crippen LogP) is -0.900. The molecule has 0 amide bonds. The average Bonchev–Trinajstić information content (AvgIpc) is 1.49. The van der Waals surface area contributed by atoms with Crippen molar-refractivity contribution in [1.29, 1.82) is 0 Å². The number of hydrogen-bond acceptors (Lipinski definition) is 4. The third-order valence-corrected chi connectivity index (χ3v) is 2.35. The summed E-state index contributed by atoms with van der Waals surface area (Å²) in [5.41, 5.74) is 0. The maximum absolute atomic E-state index is 12.3. The molecule has 0 aromatic carbocycles. The Bertz CT molecular complexity index is 294. The van der Waals surface area contributed by atoms with E-state index in [0.29, 0.717) is 0 Å². The molecule has 0 rings (SSSR count). The van der Waals surface area contributed by atoms with Crippen LogP contribution in [0.4, 0.5) is 4.39 Å². The molecule has 0 radical (unpaired) electrons. The zero-order valence-corrected chi connectivity index (χ0v) is 7.35. The lowest BCUT2D eigenvalue weighted by molar-refractivity contribution is 0.369. The Hall–Kier alpha value is -0.250. The molecule has 0 aliphatic heterocycles. The van der Waals surface area contributed by atoms with Crippen molar-refractivity contribution in [2.24, 2.45) is 0 Å². The molecule has 0 aliphatic carbocycles. The van der Waals surface area contributed by atoms with Crippen LogP contribution < -0.4 is 0 Å². The molecule has 74 valence electrons. The van der Waals surface area contributed by atoms with Crippen LogP contribution in [0.25, 0.3) is 0 Å². The smallest absolute Gasteiger partial charge is 0.267 e. The third-order valence-electron chi connectivity index (χ3n) is 0.783. The van der Waals surface area contributed by atoms with Gasteiger partial charge in [-0.1, -0.05) is 0 Å². The molecular formula is C3H7FO6S2. The van der Waals surface area contributed by atoms with E-state index in [0.717, 1.165) is 0 Å². The fourth-order valence-electron chi connectivity index (χ4n) is 0.505. The van der Waals surface area contributed by atoms with Crippen LogP contribution in [0, 0.1) is 0 Å². The minimum Gasteiger partial charge on any atom is -0.285 e. The van der Waals surface area contributed by atoms with Crippen LogP contribution >= 0.6 is 0 Å². The van der Waals surface area contributed by atoms with Crippen molar-refractivity contribution in [3.63, 3.8) is 0 Å². The zero-order chi connectivity index (χ0) is 9.99. The van der Waals surface area contributed by atoms with E-state index < -0.39 is 37.9 Å². The van der Waals surface area contributed by atoms with Gasteiger partial charge in [-0.25, -0.2) is 4.39 Å². The van der Waals surface area contributed by atoms with Gasteiger partial charge in [-0.05, 0) is 0 Å². The van der Waals surface area contributed by atoms with Crippen molar-refractivity contribution in [3.8, 4) is 0 Å². The largest absolute Gasteiger partial charge is 0.285 e. The molecule has 0 heterocycles. The summed E-state index contributed by atoms with van der Waals surface area (Å²) in [5, 5.41) is 0. The Morgan fingerprint density at radius 3 is 1.42 bits per heavy atom. The van der Waals surface area contributed by atoms with E-state index >= 15 is 0 Å². The molecule has 0 aliphatic rings. The van der Waals surface area contributed by atoms with Gasteiger partial charge in [0.1, 0.15) is 17.7 Å². The number of rotatable bonds is 4. The van der Waals surface area contributed by atoms with Gasteiger partial charge in [-0.2, -0.15) is 16.8 Å². The zero-order valence-electron chi connectivity index (χ0n) is 5.71. The highest BCUT2D eigenvalue weighted by Gasteiger charge is 2.21. The van der Waals surface area contributed by atoms with Crippen LogP contribution in [-0.2, 0) is 20.2 Å². The molecule has 2 N–H and O–H groups in total. The van der Waals surface area contributed by atoms with Crippen LogP contribution in [0.1, 0.15) is 0 Å². The minimum atomic E-state index is -4.55. The lowest BCUT2D eigenvalue weighted by atomic mass is 10.5. The van der Waals surface area contributed by atoms with Crippen LogP contribution in [0.2, 0.25) is 0 Å². The van der Waals surface area contributed by atoms with Gasteiger partial charge in [0, 0.05) is 0 Å². The van der Waals surface area contributed by atoms with E-state index in [1.165, 1.54) is 0 Å². The number of alkyl halides is 1. The van der Waals surface area contributed by atoms with E-state index in [2.05, 4.69) is 0 Å². The summed E-state index contributed by atoms with van der Waals surface area (Å²) in [6.07, 6.45) is -2.32. The molecule has 0 saturated carbocycles. The van der Waals surface area contributed by atoms with Crippen molar-refractivity contribution < 1.29 is 30.3 Å².